The van der Waals surface area contributed by atoms with Gasteiger partial charge < -0.3 is 0 Å². The highest BCUT2D eigenvalue weighted by molar-refractivity contribution is 4.63. The highest BCUT2D eigenvalue weighted by atomic mass is 14.2. The molecular formula is C20H42. The maximum atomic E-state index is 2.48. The molecule has 0 nitrogen and oxygen atoms in total. The van der Waals surface area contributed by atoms with Crippen LogP contribution in [0.1, 0.15) is 112 Å². The molecule has 0 heteroatoms. The van der Waals surface area contributed by atoms with Crippen LogP contribution in [0.25, 0.3) is 0 Å². The number of rotatable bonds is 14. The van der Waals surface area contributed by atoms with Crippen LogP contribution in [0, 0.1) is 17.8 Å². The molecule has 0 aliphatic heterocycles. The first-order valence-electron chi connectivity index (χ1n) is 9.61. The van der Waals surface area contributed by atoms with Crippen molar-refractivity contribution in [1.29, 1.82) is 0 Å². The molecule has 0 fully saturated rings. The highest BCUT2D eigenvalue weighted by Crippen LogP contribution is 2.24. The maximum Gasteiger partial charge on any atom is -0.0417 e. The minimum atomic E-state index is 0.933. The molecule has 0 heterocycles. The van der Waals surface area contributed by atoms with E-state index in [1.807, 2.05) is 0 Å². The van der Waals surface area contributed by atoms with E-state index < -0.39 is 0 Å². The van der Waals surface area contributed by atoms with Crippen LogP contribution in [0.2, 0.25) is 0 Å². The topological polar surface area (TPSA) is 0 Å². The summed E-state index contributed by atoms with van der Waals surface area (Å²) in [5.41, 5.74) is 0. The van der Waals surface area contributed by atoms with Gasteiger partial charge in [-0.1, -0.05) is 112 Å². The second kappa shape index (κ2) is 14.0. The summed E-state index contributed by atoms with van der Waals surface area (Å²) in [6, 6.07) is 0. The number of unbranched alkanes of at least 4 members (excludes halogenated alkanes) is 5. The zero-order chi connectivity index (χ0) is 15.2. The van der Waals surface area contributed by atoms with Crippen LogP contribution in [-0.2, 0) is 0 Å². The third-order valence-corrected chi connectivity index (χ3v) is 5.14. The van der Waals surface area contributed by atoms with E-state index >= 15 is 0 Å². The summed E-state index contributed by atoms with van der Waals surface area (Å²) in [6.45, 7) is 12.0. The van der Waals surface area contributed by atoms with Gasteiger partial charge in [0.1, 0.15) is 0 Å². The maximum absolute atomic E-state index is 2.48. The predicted octanol–water partition coefficient (Wildman–Crippen LogP) is 7.62. The fourth-order valence-corrected chi connectivity index (χ4v) is 3.12. The second-order valence-corrected chi connectivity index (χ2v) is 7.34. The molecule has 0 N–H and O–H groups in total. The molecule has 0 amide bonds. The monoisotopic (exact) mass is 282 g/mol. The van der Waals surface area contributed by atoms with Crippen molar-refractivity contribution in [2.75, 3.05) is 0 Å². The second-order valence-electron chi connectivity index (χ2n) is 7.34. The summed E-state index contributed by atoms with van der Waals surface area (Å²) in [5.74, 6) is 2.82. The third-order valence-electron chi connectivity index (χ3n) is 5.14. The fraction of sp³-hybridized carbons (Fsp3) is 1.00. The SMILES string of the molecule is CCCCCCC(C)C(C)CCCCC(C)CCCC. The molecule has 0 aliphatic carbocycles. The lowest BCUT2D eigenvalue weighted by molar-refractivity contribution is 0.318. The minimum absolute atomic E-state index is 0.933. The van der Waals surface area contributed by atoms with Gasteiger partial charge in [-0.05, 0) is 17.8 Å². The molecule has 0 aliphatic rings. The summed E-state index contributed by atoms with van der Waals surface area (Å²) in [7, 11) is 0. The lowest BCUT2D eigenvalue weighted by atomic mass is 9.86. The van der Waals surface area contributed by atoms with E-state index in [4.69, 9.17) is 0 Å². The standard InChI is InChI=1S/C20H42/c1-6-8-10-11-16-19(4)20(5)17-13-12-15-18(3)14-9-7-2/h18-20H,6-17H2,1-5H3. The molecule has 20 heavy (non-hydrogen) atoms. The first-order chi connectivity index (χ1) is 9.61. The Morgan fingerprint density at radius 3 is 1.50 bits per heavy atom. The molecule has 0 aromatic heterocycles. The molecule has 0 bridgehead atoms. The molecule has 0 saturated heterocycles. The van der Waals surface area contributed by atoms with Crippen LogP contribution in [0.5, 0.6) is 0 Å². The predicted molar refractivity (Wildman–Crippen MR) is 94.2 cm³/mol. The van der Waals surface area contributed by atoms with Crippen LogP contribution in [-0.4, -0.2) is 0 Å². The number of hydrogen-bond acceptors (Lipinski definition) is 0. The first-order valence-corrected chi connectivity index (χ1v) is 9.61. The fourth-order valence-electron chi connectivity index (χ4n) is 3.12. The Hall–Kier alpha value is 0. The summed E-state index contributed by atoms with van der Waals surface area (Å²) < 4.78 is 0. The molecule has 0 saturated carbocycles. The lowest BCUT2D eigenvalue weighted by Gasteiger charge is -2.20. The highest BCUT2D eigenvalue weighted by Gasteiger charge is 2.11. The van der Waals surface area contributed by atoms with Gasteiger partial charge in [-0.15, -0.1) is 0 Å². The van der Waals surface area contributed by atoms with E-state index in [1.165, 1.54) is 77.0 Å². The van der Waals surface area contributed by atoms with Crippen LogP contribution in [0.15, 0.2) is 0 Å². The van der Waals surface area contributed by atoms with E-state index in [2.05, 4.69) is 34.6 Å². The molecule has 122 valence electrons. The van der Waals surface area contributed by atoms with Gasteiger partial charge in [-0.3, -0.25) is 0 Å². The Labute approximate surface area is 130 Å². The molecule has 0 aromatic rings. The first kappa shape index (κ1) is 20.0. The van der Waals surface area contributed by atoms with E-state index in [1.54, 1.807) is 0 Å². The van der Waals surface area contributed by atoms with Crippen LogP contribution in [0.4, 0.5) is 0 Å². The van der Waals surface area contributed by atoms with E-state index in [0.29, 0.717) is 0 Å². The molecule has 3 atom stereocenters. The summed E-state index contributed by atoms with van der Waals surface area (Å²) in [4.78, 5) is 0. The summed E-state index contributed by atoms with van der Waals surface area (Å²) in [6.07, 6.45) is 17.2. The van der Waals surface area contributed by atoms with Gasteiger partial charge in [0.2, 0.25) is 0 Å². The van der Waals surface area contributed by atoms with Gasteiger partial charge in [-0.25, -0.2) is 0 Å². The Balaban J connectivity index is 3.48. The van der Waals surface area contributed by atoms with E-state index in [-0.39, 0.29) is 0 Å². The van der Waals surface area contributed by atoms with Crippen molar-refractivity contribution in [1.82, 2.24) is 0 Å². The normalized spacial score (nSPS) is 16.1. The van der Waals surface area contributed by atoms with Gasteiger partial charge in [0.15, 0.2) is 0 Å². The molecule has 0 spiro atoms. The van der Waals surface area contributed by atoms with E-state index in [0.717, 1.165) is 17.8 Å². The molecule has 0 radical (unpaired) electrons. The van der Waals surface area contributed by atoms with Gasteiger partial charge in [0.25, 0.3) is 0 Å². The Kier molecular flexibility index (Phi) is 14.0. The van der Waals surface area contributed by atoms with E-state index in [9.17, 15) is 0 Å². The quantitative estimate of drug-likeness (QED) is 0.287. The Bertz CT molecular complexity index is 184. The third kappa shape index (κ3) is 11.8. The van der Waals surface area contributed by atoms with Crippen molar-refractivity contribution < 1.29 is 0 Å². The Morgan fingerprint density at radius 1 is 0.500 bits per heavy atom. The average molecular weight is 283 g/mol. The zero-order valence-corrected chi connectivity index (χ0v) is 15.2. The molecule has 0 rings (SSSR count). The molecule has 3 unspecified atom stereocenters. The van der Waals surface area contributed by atoms with Gasteiger partial charge >= 0.3 is 0 Å². The van der Waals surface area contributed by atoms with Crippen molar-refractivity contribution in [3.05, 3.63) is 0 Å². The largest absolute Gasteiger partial charge is 0.0654 e. The van der Waals surface area contributed by atoms with Crippen molar-refractivity contribution in [2.24, 2.45) is 17.8 Å². The Morgan fingerprint density at radius 2 is 0.950 bits per heavy atom. The smallest absolute Gasteiger partial charge is 0.0417 e. The summed E-state index contributed by atoms with van der Waals surface area (Å²) in [5, 5.41) is 0. The zero-order valence-electron chi connectivity index (χ0n) is 15.2. The van der Waals surface area contributed by atoms with Crippen LogP contribution < -0.4 is 0 Å². The van der Waals surface area contributed by atoms with Gasteiger partial charge in [-0.2, -0.15) is 0 Å². The van der Waals surface area contributed by atoms with Crippen LogP contribution >= 0.6 is 0 Å². The minimum Gasteiger partial charge on any atom is -0.0654 e. The molecule has 0 aromatic carbocycles. The lowest BCUT2D eigenvalue weighted by Crippen LogP contribution is -2.08. The van der Waals surface area contributed by atoms with Crippen molar-refractivity contribution in [2.45, 2.75) is 112 Å². The molecular weight excluding hydrogens is 240 g/mol. The van der Waals surface area contributed by atoms with Crippen molar-refractivity contribution in [3.63, 3.8) is 0 Å². The van der Waals surface area contributed by atoms with Crippen LogP contribution in [0.3, 0.4) is 0 Å². The van der Waals surface area contributed by atoms with Crippen molar-refractivity contribution >= 4 is 0 Å². The van der Waals surface area contributed by atoms with Crippen molar-refractivity contribution in [3.8, 4) is 0 Å². The summed E-state index contributed by atoms with van der Waals surface area (Å²) >= 11 is 0. The average Bonchev–Trinajstić information content (AvgIpc) is 2.45. The number of hydrogen-bond donors (Lipinski definition) is 0. The van der Waals surface area contributed by atoms with Gasteiger partial charge in [0.05, 0.1) is 0 Å². The van der Waals surface area contributed by atoms with Gasteiger partial charge in [0, 0.05) is 0 Å².